The van der Waals surface area contributed by atoms with E-state index in [1.54, 1.807) is 11.3 Å². The number of rotatable bonds is 2. The van der Waals surface area contributed by atoms with Crippen molar-refractivity contribution in [1.82, 2.24) is 9.97 Å². The van der Waals surface area contributed by atoms with Crippen LogP contribution in [0.4, 0.5) is 5.82 Å². The second kappa shape index (κ2) is 6.78. The largest absolute Gasteiger partial charge is 0.385 e. The van der Waals surface area contributed by atoms with Crippen molar-refractivity contribution in [2.45, 2.75) is 16.9 Å². The highest BCUT2D eigenvalue weighted by molar-refractivity contribution is 8.00. The zero-order chi connectivity index (χ0) is 18.4. The first-order valence-corrected chi connectivity index (χ1v) is 10.9. The Morgan fingerprint density at radius 1 is 1.00 bits per heavy atom. The number of nitrogens with zero attached hydrogens (tertiary/aromatic N) is 1. The fourth-order valence-corrected chi connectivity index (χ4v) is 7.01. The minimum absolute atomic E-state index is 0.271. The van der Waals surface area contributed by atoms with Gasteiger partial charge in [-0.1, -0.05) is 60.7 Å². The zero-order valence-corrected chi connectivity index (χ0v) is 16.8. The average molecular weight is 408 g/mol. The minimum atomic E-state index is 0.271. The Hall–Kier alpha value is -2.15. The lowest BCUT2D eigenvalue weighted by Crippen LogP contribution is -2.12. The molecule has 3 nitrogen and oxygen atoms in total. The Labute approximate surface area is 170 Å². The number of benzene rings is 2. The van der Waals surface area contributed by atoms with Gasteiger partial charge in [-0.25, -0.2) is 4.98 Å². The maximum absolute atomic E-state index is 6.33. The molecule has 2 atom stereocenters. The van der Waals surface area contributed by atoms with Crippen LogP contribution in [0.3, 0.4) is 0 Å². The highest BCUT2D eigenvalue weighted by atomic mass is 32.2. The number of H-pyrrole nitrogens is 1. The summed E-state index contributed by atoms with van der Waals surface area (Å²) in [5.74, 6) is 0.632. The van der Waals surface area contributed by atoms with Crippen molar-refractivity contribution in [2.75, 3.05) is 5.73 Å². The normalized spacial score (nSPS) is 19.1. The van der Waals surface area contributed by atoms with Crippen LogP contribution in [-0.2, 0) is 6.42 Å². The van der Waals surface area contributed by atoms with Gasteiger partial charge in [-0.2, -0.15) is 0 Å². The van der Waals surface area contributed by atoms with Crippen LogP contribution < -0.4 is 5.73 Å². The lowest BCUT2D eigenvalue weighted by atomic mass is 9.98. The van der Waals surface area contributed by atoms with E-state index in [-0.39, 0.29) is 5.25 Å². The number of hydrogen-bond donors (Lipinski definition) is 2. The number of aromatic nitrogens is 2. The van der Waals surface area contributed by atoms with E-state index in [2.05, 4.69) is 70.6 Å². The Morgan fingerprint density at radius 3 is 2.37 bits per heavy atom. The summed E-state index contributed by atoms with van der Waals surface area (Å²) in [5.41, 5.74) is 10.3. The van der Waals surface area contributed by atoms with E-state index >= 15 is 0 Å². The first-order chi connectivity index (χ1) is 13.2. The van der Waals surface area contributed by atoms with Crippen molar-refractivity contribution in [2.24, 2.45) is 0 Å². The molecule has 0 bridgehead atoms. The summed E-state index contributed by atoms with van der Waals surface area (Å²) in [5, 5.41) is 1.70. The predicted molar refractivity (Wildman–Crippen MR) is 118 cm³/mol. The first kappa shape index (κ1) is 17.0. The number of anilines is 1. The molecule has 0 spiro atoms. The van der Waals surface area contributed by atoms with E-state index in [0.717, 1.165) is 16.6 Å². The van der Waals surface area contributed by atoms with Gasteiger partial charge in [0.25, 0.3) is 0 Å². The molecule has 2 aromatic carbocycles. The second-order valence-electron chi connectivity index (χ2n) is 6.61. The smallest absolute Gasteiger partial charge is 0.199 e. The Bertz CT molecular complexity index is 1170. The Kier molecular flexibility index (Phi) is 4.27. The van der Waals surface area contributed by atoms with Gasteiger partial charge >= 0.3 is 0 Å². The molecule has 27 heavy (non-hydrogen) atoms. The van der Waals surface area contributed by atoms with Crippen LogP contribution in [0, 0.1) is 4.77 Å². The van der Waals surface area contributed by atoms with Crippen molar-refractivity contribution in [3.05, 3.63) is 87.0 Å². The average Bonchev–Trinajstić information content (AvgIpc) is 3.07. The quantitative estimate of drug-likeness (QED) is 0.397. The molecule has 1 aliphatic heterocycles. The van der Waals surface area contributed by atoms with Gasteiger partial charge < -0.3 is 10.7 Å². The maximum atomic E-state index is 6.33. The van der Waals surface area contributed by atoms with Gasteiger partial charge in [-0.15, -0.1) is 23.1 Å². The summed E-state index contributed by atoms with van der Waals surface area (Å²) in [4.78, 5) is 9.89. The van der Waals surface area contributed by atoms with Crippen LogP contribution in [0.25, 0.3) is 10.2 Å². The third-order valence-corrected chi connectivity index (χ3v) is 8.02. The lowest BCUT2D eigenvalue weighted by Gasteiger charge is -2.30. The van der Waals surface area contributed by atoms with E-state index in [0.29, 0.717) is 15.8 Å². The zero-order valence-electron chi connectivity index (χ0n) is 14.4. The Balaban J connectivity index is 1.73. The van der Waals surface area contributed by atoms with Crippen LogP contribution >= 0.6 is 35.3 Å². The minimum Gasteiger partial charge on any atom is -0.385 e. The van der Waals surface area contributed by atoms with E-state index in [9.17, 15) is 0 Å². The summed E-state index contributed by atoms with van der Waals surface area (Å²) in [6.07, 6.45) is 0.948. The molecule has 0 aliphatic carbocycles. The fraction of sp³-hybridized carbons (Fsp3) is 0.143. The molecule has 0 fully saturated rings. The summed E-state index contributed by atoms with van der Waals surface area (Å²) in [6.45, 7) is 0. The monoisotopic (exact) mass is 407 g/mol. The molecule has 0 unspecified atom stereocenters. The van der Waals surface area contributed by atoms with Gasteiger partial charge in [0, 0.05) is 10.1 Å². The molecule has 6 heteroatoms. The van der Waals surface area contributed by atoms with Crippen molar-refractivity contribution in [3.63, 3.8) is 0 Å². The highest BCUT2D eigenvalue weighted by Crippen LogP contribution is 2.55. The van der Waals surface area contributed by atoms with Crippen LogP contribution in [0.15, 0.2) is 60.7 Å². The number of hydrogen-bond acceptors (Lipinski definition) is 5. The Morgan fingerprint density at radius 2 is 1.67 bits per heavy atom. The van der Waals surface area contributed by atoms with Crippen molar-refractivity contribution in [1.29, 1.82) is 0 Å². The van der Waals surface area contributed by atoms with Gasteiger partial charge in [-0.05, 0) is 35.3 Å². The molecule has 0 amide bonds. The molecule has 134 valence electrons. The molecule has 0 saturated carbocycles. The fourth-order valence-electron chi connectivity index (χ4n) is 3.72. The molecule has 3 heterocycles. The van der Waals surface area contributed by atoms with Gasteiger partial charge in [0.05, 0.1) is 10.6 Å². The maximum Gasteiger partial charge on any atom is 0.199 e. The topological polar surface area (TPSA) is 54.7 Å². The number of aromatic amines is 1. The number of thiophene rings is 1. The summed E-state index contributed by atoms with van der Waals surface area (Å²) in [6, 6.07) is 21.4. The lowest BCUT2D eigenvalue weighted by molar-refractivity contribution is 0.895. The van der Waals surface area contributed by atoms with Gasteiger partial charge in [0.15, 0.2) is 4.77 Å². The molecule has 3 N–H and O–H groups in total. The van der Waals surface area contributed by atoms with Gasteiger partial charge in [-0.3, -0.25) is 0 Å². The molecule has 0 saturated heterocycles. The van der Waals surface area contributed by atoms with Crippen LogP contribution in [0.5, 0.6) is 0 Å². The van der Waals surface area contributed by atoms with E-state index < -0.39 is 0 Å². The molecular weight excluding hydrogens is 390 g/mol. The third-order valence-electron chi connectivity index (χ3n) is 4.94. The number of nitrogen functional groups attached to an aromatic ring is 1. The number of fused-ring (bicyclic) bond motifs is 3. The van der Waals surface area contributed by atoms with Crippen molar-refractivity contribution >= 4 is 51.4 Å². The first-order valence-electron chi connectivity index (χ1n) is 8.77. The van der Waals surface area contributed by atoms with E-state index in [4.69, 9.17) is 18.0 Å². The summed E-state index contributed by atoms with van der Waals surface area (Å²) in [7, 11) is 0. The molecule has 1 aliphatic rings. The van der Waals surface area contributed by atoms with Gasteiger partial charge in [0.1, 0.15) is 10.6 Å². The number of nitrogens with one attached hydrogen (secondary N) is 1. The SMILES string of the molecule is Nc1[nH]c(=S)nc2sc3c(c12)C[C@@H](c1ccccc1)S[C@H]3c1ccccc1. The molecular formula is C21H17N3S3. The molecule has 2 aromatic heterocycles. The van der Waals surface area contributed by atoms with Gasteiger partial charge in [0.2, 0.25) is 0 Å². The predicted octanol–water partition coefficient (Wildman–Crippen LogP) is 6.06. The van der Waals surface area contributed by atoms with Crippen LogP contribution in [0.2, 0.25) is 0 Å². The summed E-state index contributed by atoms with van der Waals surface area (Å²) >= 11 is 8.99. The van der Waals surface area contributed by atoms with Crippen molar-refractivity contribution < 1.29 is 0 Å². The standard InChI is InChI=1S/C21H17N3S3/c22-19-16-14-11-15(12-7-3-1-4-8-12)26-17(13-9-5-2-6-10-13)18(14)27-20(16)24-21(25)23-19/h1-10,15,17H,11H2,(H3,22,23,24,25)/t15-,17-/m0/s1. The molecule has 0 radical (unpaired) electrons. The van der Waals surface area contributed by atoms with Crippen LogP contribution in [0.1, 0.15) is 32.1 Å². The van der Waals surface area contributed by atoms with E-state index in [1.165, 1.54) is 21.6 Å². The van der Waals surface area contributed by atoms with Crippen LogP contribution in [-0.4, -0.2) is 9.97 Å². The second-order valence-corrected chi connectivity index (χ2v) is 9.34. The third kappa shape index (κ3) is 2.98. The summed E-state index contributed by atoms with van der Waals surface area (Å²) < 4.78 is 0.446. The van der Waals surface area contributed by atoms with Crippen molar-refractivity contribution in [3.8, 4) is 0 Å². The number of nitrogens with two attached hydrogens (primary N) is 1. The molecule has 5 rings (SSSR count). The number of thioether (sulfide) groups is 1. The highest BCUT2D eigenvalue weighted by Gasteiger charge is 2.33. The van der Waals surface area contributed by atoms with E-state index in [1.807, 2.05) is 11.8 Å². The molecule has 4 aromatic rings.